The summed E-state index contributed by atoms with van der Waals surface area (Å²) in [4.78, 5) is 4.83. The Balaban J connectivity index is 1.95. The number of nitrogens with one attached hydrogen (secondary N) is 1. The van der Waals surface area contributed by atoms with Crippen molar-refractivity contribution >= 4 is 34.6 Å². The van der Waals surface area contributed by atoms with E-state index in [1.54, 1.807) is 7.11 Å². The van der Waals surface area contributed by atoms with Crippen molar-refractivity contribution in [3.8, 4) is 5.75 Å². The minimum absolute atomic E-state index is 0.341. The number of aromatic nitrogens is 2. The highest BCUT2D eigenvalue weighted by Crippen LogP contribution is 2.38. The number of methoxy groups -OCH3 is 1. The molecule has 0 saturated carbocycles. The Kier molecular flexibility index (Phi) is 3.12. The SMILES string of the molecule is COc1ccc2[nH]c(=S)n(C3CCCc4sccc43)c2c1. The van der Waals surface area contributed by atoms with Crippen molar-refractivity contribution in [1.82, 2.24) is 9.55 Å². The molecule has 0 bridgehead atoms. The highest BCUT2D eigenvalue weighted by atomic mass is 32.1. The largest absolute Gasteiger partial charge is 0.497 e. The molecule has 1 unspecified atom stereocenters. The van der Waals surface area contributed by atoms with Gasteiger partial charge in [0.25, 0.3) is 0 Å². The molecule has 1 aliphatic rings. The standard InChI is InChI=1S/C16H16N2OS2/c1-19-10-5-6-12-14(9-10)18(16(20)17-12)13-3-2-4-15-11(13)7-8-21-15/h5-9,13H,2-4H2,1H3,(H,17,20). The van der Waals surface area contributed by atoms with E-state index in [2.05, 4.69) is 27.1 Å². The number of hydrogen-bond acceptors (Lipinski definition) is 3. The smallest absolute Gasteiger partial charge is 0.178 e. The van der Waals surface area contributed by atoms with Gasteiger partial charge < -0.3 is 14.3 Å². The zero-order valence-electron chi connectivity index (χ0n) is 11.8. The number of aromatic amines is 1. The van der Waals surface area contributed by atoms with E-state index in [9.17, 15) is 0 Å². The summed E-state index contributed by atoms with van der Waals surface area (Å²) in [5, 5.41) is 2.20. The number of H-pyrrole nitrogens is 1. The third-order valence-corrected chi connectivity index (χ3v) is 5.55. The molecule has 0 saturated heterocycles. The number of imidazole rings is 1. The van der Waals surface area contributed by atoms with Crippen molar-refractivity contribution in [3.63, 3.8) is 0 Å². The van der Waals surface area contributed by atoms with Crippen LogP contribution >= 0.6 is 23.6 Å². The van der Waals surface area contributed by atoms with E-state index in [1.165, 1.54) is 23.3 Å². The van der Waals surface area contributed by atoms with Crippen LogP contribution in [0.5, 0.6) is 5.75 Å². The highest BCUT2D eigenvalue weighted by molar-refractivity contribution is 7.71. The van der Waals surface area contributed by atoms with Crippen molar-refractivity contribution in [1.29, 1.82) is 0 Å². The fourth-order valence-corrected chi connectivity index (χ4v) is 4.58. The molecule has 0 amide bonds. The second-order valence-corrected chi connectivity index (χ2v) is 6.78. The van der Waals surface area contributed by atoms with Crippen LogP contribution in [0, 0.1) is 4.77 Å². The predicted molar refractivity (Wildman–Crippen MR) is 89.1 cm³/mol. The van der Waals surface area contributed by atoms with E-state index in [0.29, 0.717) is 6.04 Å². The lowest BCUT2D eigenvalue weighted by Crippen LogP contribution is -2.15. The van der Waals surface area contributed by atoms with Crippen LogP contribution < -0.4 is 4.74 Å². The molecule has 0 spiro atoms. The number of aryl methyl sites for hydroxylation is 1. The fourth-order valence-electron chi connectivity index (χ4n) is 3.27. The van der Waals surface area contributed by atoms with Crippen LogP contribution in [-0.4, -0.2) is 16.7 Å². The number of benzene rings is 1. The van der Waals surface area contributed by atoms with Crippen molar-refractivity contribution in [2.24, 2.45) is 0 Å². The van der Waals surface area contributed by atoms with Crippen LogP contribution in [0.4, 0.5) is 0 Å². The molecule has 1 N–H and O–H groups in total. The summed E-state index contributed by atoms with van der Waals surface area (Å²) in [5.41, 5.74) is 3.64. The number of hydrogen-bond donors (Lipinski definition) is 1. The summed E-state index contributed by atoms with van der Waals surface area (Å²) < 4.78 is 8.42. The van der Waals surface area contributed by atoms with E-state index in [4.69, 9.17) is 17.0 Å². The van der Waals surface area contributed by atoms with Gasteiger partial charge in [0, 0.05) is 10.9 Å². The topological polar surface area (TPSA) is 29.9 Å². The maximum atomic E-state index is 5.59. The van der Waals surface area contributed by atoms with E-state index in [1.807, 2.05) is 23.5 Å². The minimum Gasteiger partial charge on any atom is -0.497 e. The first kappa shape index (κ1) is 13.1. The molecule has 0 radical (unpaired) electrons. The minimum atomic E-state index is 0.341. The van der Waals surface area contributed by atoms with Gasteiger partial charge in [0.15, 0.2) is 4.77 Å². The van der Waals surface area contributed by atoms with Crippen molar-refractivity contribution in [2.75, 3.05) is 7.11 Å². The molecule has 108 valence electrons. The van der Waals surface area contributed by atoms with Crippen molar-refractivity contribution < 1.29 is 4.74 Å². The van der Waals surface area contributed by atoms with Crippen LogP contribution in [-0.2, 0) is 6.42 Å². The summed E-state index contributed by atoms with van der Waals surface area (Å²) in [5.74, 6) is 0.867. The van der Waals surface area contributed by atoms with Gasteiger partial charge in [-0.15, -0.1) is 11.3 Å². The van der Waals surface area contributed by atoms with Gasteiger partial charge in [-0.05, 0) is 60.6 Å². The second kappa shape index (κ2) is 5.00. The number of rotatable bonds is 2. The molecule has 2 heterocycles. The zero-order chi connectivity index (χ0) is 14.4. The van der Waals surface area contributed by atoms with Crippen LogP contribution in [0.15, 0.2) is 29.6 Å². The number of ether oxygens (including phenoxy) is 1. The summed E-state index contributed by atoms with van der Waals surface area (Å²) in [6.07, 6.45) is 3.56. The highest BCUT2D eigenvalue weighted by Gasteiger charge is 2.24. The normalized spacial score (nSPS) is 17.9. The van der Waals surface area contributed by atoms with E-state index < -0.39 is 0 Å². The molecule has 1 aromatic carbocycles. The monoisotopic (exact) mass is 316 g/mol. The first-order chi connectivity index (χ1) is 10.3. The first-order valence-electron chi connectivity index (χ1n) is 7.12. The van der Waals surface area contributed by atoms with Crippen molar-refractivity contribution in [2.45, 2.75) is 25.3 Å². The van der Waals surface area contributed by atoms with Gasteiger partial charge in [0.05, 0.1) is 24.2 Å². The summed E-state index contributed by atoms with van der Waals surface area (Å²) in [6, 6.07) is 8.67. The maximum Gasteiger partial charge on any atom is 0.178 e. The van der Waals surface area contributed by atoms with Gasteiger partial charge in [-0.1, -0.05) is 0 Å². The Morgan fingerprint density at radius 1 is 1.38 bits per heavy atom. The first-order valence-corrected chi connectivity index (χ1v) is 8.41. The molecule has 1 atom stereocenters. The quantitative estimate of drug-likeness (QED) is 0.695. The van der Waals surface area contributed by atoms with Gasteiger partial charge in [0.1, 0.15) is 5.75 Å². The maximum absolute atomic E-state index is 5.59. The molecule has 21 heavy (non-hydrogen) atoms. The van der Waals surface area contributed by atoms with E-state index in [0.717, 1.165) is 28.0 Å². The average molecular weight is 316 g/mol. The molecule has 5 heteroatoms. The Hall–Kier alpha value is -1.59. The van der Waals surface area contributed by atoms with Crippen LogP contribution in [0.2, 0.25) is 0 Å². The third kappa shape index (κ3) is 2.03. The molecular weight excluding hydrogens is 300 g/mol. The predicted octanol–water partition coefficient (Wildman–Crippen LogP) is 4.69. The molecular formula is C16H16N2OS2. The van der Waals surface area contributed by atoms with Crippen LogP contribution in [0.3, 0.4) is 0 Å². The third-order valence-electron chi connectivity index (χ3n) is 4.26. The zero-order valence-corrected chi connectivity index (χ0v) is 13.4. The second-order valence-electron chi connectivity index (χ2n) is 5.39. The van der Waals surface area contributed by atoms with Gasteiger partial charge >= 0.3 is 0 Å². The molecule has 1 aliphatic carbocycles. The number of thiophene rings is 1. The van der Waals surface area contributed by atoms with E-state index >= 15 is 0 Å². The fraction of sp³-hybridized carbons (Fsp3) is 0.312. The summed E-state index contributed by atoms with van der Waals surface area (Å²) in [6.45, 7) is 0. The number of nitrogens with zero attached hydrogens (tertiary/aromatic N) is 1. The lowest BCUT2D eigenvalue weighted by molar-refractivity contribution is 0.415. The molecule has 3 aromatic rings. The Morgan fingerprint density at radius 2 is 2.29 bits per heavy atom. The lowest BCUT2D eigenvalue weighted by Gasteiger charge is -2.24. The van der Waals surface area contributed by atoms with Gasteiger partial charge in [-0.25, -0.2) is 0 Å². The molecule has 4 rings (SSSR count). The Morgan fingerprint density at radius 3 is 3.14 bits per heavy atom. The van der Waals surface area contributed by atoms with E-state index in [-0.39, 0.29) is 0 Å². The number of fused-ring (bicyclic) bond motifs is 2. The van der Waals surface area contributed by atoms with Crippen LogP contribution in [0.1, 0.15) is 29.3 Å². The summed E-state index contributed by atoms with van der Waals surface area (Å²) in [7, 11) is 1.70. The van der Waals surface area contributed by atoms with Gasteiger partial charge in [0.2, 0.25) is 0 Å². The molecule has 3 nitrogen and oxygen atoms in total. The molecule has 0 aliphatic heterocycles. The molecule has 2 aromatic heterocycles. The average Bonchev–Trinajstić information content (AvgIpc) is 3.09. The van der Waals surface area contributed by atoms with Gasteiger partial charge in [-0.3, -0.25) is 0 Å². The molecule has 0 fully saturated rings. The van der Waals surface area contributed by atoms with Crippen molar-refractivity contribution in [3.05, 3.63) is 44.9 Å². The summed E-state index contributed by atoms with van der Waals surface area (Å²) >= 11 is 7.45. The Bertz CT molecular complexity index is 859. The van der Waals surface area contributed by atoms with Crippen LogP contribution in [0.25, 0.3) is 11.0 Å². The van der Waals surface area contributed by atoms with Gasteiger partial charge in [-0.2, -0.15) is 0 Å². The lowest BCUT2D eigenvalue weighted by atomic mass is 9.94. The Labute approximate surface area is 132 Å².